The van der Waals surface area contributed by atoms with E-state index in [1.807, 2.05) is 24.3 Å². The van der Waals surface area contributed by atoms with Crippen molar-refractivity contribution in [3.63, 3.8) is 0 Å². The molecule has 1 rings (SSSR count). The highest BCUT2D eigenvalue weighted by Crippen LogP contribution is 2.21. The summed E-state index contributed by atoms with van der Waals surface area (Å²) in [5.41, 5.74) is 0.874. The summed E-state index contributed by atoms with van der Waals surface area (Å²) in [5.74, 6) is -1.75. The standard InChI is InChI=1S/C12H15BrO4S/c1-18(16,17)7-6-10(12(14)15)8-9-4-2-3-5-11(9)13/h2-5,10H,6-8H2,1H3,(H,14,15). The van der Waals surface area contributed by atoms with Gasteiger partial charge in [-0.3, -0.25) is 4.79 Å². The van der Waals surface area contributed by atoms with Crippen molar-refractivity contribution in [3.05, 3.63) is 34.3 Å². The van der Waals surface area contributed by atoms with Gasteiger partial charge in [-0.25, -0.2) is 8.42 Å². The van der Waals surface area contributed by atoms with Crippen LogP contribution in [0.3, 0.4) is 0 Å². The minimum atomic E-state index is -3.13. The summed E-state index contributed by atoms with van der Waals surface area (Å²) < 4.78 is 23.0. The Labute approximate surface area is 115 Å². The first-order valence-electron chi connectivity index (χ1n) is 5.43. The number of carboxylic acids is 1. The number of hydrogen-bond donors (Lipinski definition) is 1. The summed E-state index contributed by atoms with van der Waals surface area (Å²) >= 11 is 3.35. The molecule has 1 atom stereocenters. The number of aliphatic carboxylic acids is 1. The zero-order chi connectivity index (χ0) is 13.8. The summed E-state index contributed by atoms with van der Waals surface area (Å²) in [5, 5.41) is 9.11. The second-order valence-corrected chi connectivity index (χ2v) is 7.36. The second kappa shape index (κ2) is 6.33. The van der Waals surface area contributed by atoms with Gasteiger partial charge >= 0.3 is 5.97 Å². The SMILES string of the molecule is CS(=O)(=O)CCC(Cc1ccccc1Br)C(=O)O. The highest BCUT2D eigenvalue weighted by Gasteiger charge is 2.20. The van der Waals surface area contributed by atoms with E-state index in [1.54, 1.807) is 0 Å². The molecule has 0 bridgehead atoms. The van der Waals surface area contributed by atoms with E-state index in [-0.39, 0.29) is 12.2 Å². The van der Waals surface area contributed by atoms with E-state index in [0.29, 0.717) is 6.42 Å². The lowest BCUT2D eigenvalue weighted by molar-refractivity contribution is -0.141. The molecule has 0 aromatic heterocycles. The van der Waals surface area contributed by atoms with Crippen LogP contribution < -0.4 is 0 Å². The van der Waals surface area contributed by atoms with E-state index < -0.39 is 21.7 Å². The molecular formula is C12H15BrO4S. The lowest BCUT2D eigenvalue weighted by Gasteiger charge is -2.12. The van der Waals surface area contributed by atoms with Crippen molar-refractivity contribution in [2.45, 2.75) is 12.8 Å². The normalized spacial score (nSPS) is 13.2. The number of rotatable bonds is 6. The second-order valence-electron chi connectivity index (χ2n) is 4.25. The molecule has 1 unspecified atom stereocenters. The van der Waals surface area contributed by atoms with Gasteiger partial charge in [0.2, 0.25) is 0 Å². The highest BCUT2D eigenvalue weighted by molar-refractivity contribution is 9.10. The van der Waals surface area contributed by atoms with Crippen LogP contribution in [0.25, 0.3) is 0 Å². The zero-order valence-electron chi connectivity index (χ0n) is 9.97. The van der Waals surface area contributed by atoms with E-state index in [9.17, 15) is 13.2 Å². The maximum absolute atomic E-state index is 11.1. The predicted octanol–water partition coefficient (Wildman–Crippen LogP) is 2.13. The fraction of sp³-hybridized carbons (Fsp3) is 0.417. The maximum atomic E-state index is 11.1. The summed E-state index contributed by atoms with van der Waals surface area (Å²) in [7, 11) is -3.13. The molecule has 1 aromatic rings. The monoisotopic (exact) mass is 334 g/mol. The van der Waals surface area contributed by atoms with Crippen molar-refractivity contribution in [2.75, 3.05) is 12.0 Å². The average Bonchev–Trinajstić information content (AvgIpc) is 2.24. The Balaban J connectivity index is 2.76. The summed E-state index contributed by atoms with van der Waals surface area (Å²) in [6.07, 6.45) is 1.58. The van der Waals surface area contributed by atoms with Crippen LogP contribution in [0.1, 0.15) is 12.0 Å². The first-order valence-corrected chi connectivity index (χ1v) is 8.29. The minimum Gasteiger partial charge on any atom is -0.481 e. The van der Waals surface area contributed by atoms with E-state index >= 15 is 0 Å². The molecule has 18 heavy (non-hydrogen) atoms. The molecule has 0 aliphatic rings. The van der Waals surface area contributed by atoms with Crippen molar-refractivity contribution in [1.29, 1.82) is 0 Å². The largest absolute Gasteiger partial charge is 0.481 e. The molecule has 1 aromatic carbocycles. The molecule has 1 N–H and O–H groups in total. The third-order valence-corrected chi connectivity index (χ3v) is 4.36. The van der Waals surface area contributed by atoms with Gasteiger partial charge in [0.1, 0.15) is 9.84 Å². The average molecular weight is 335 g/mol. The molecule has 6 heteroatoms. The van der Waals surface area contributed by atoms with Gasteiger partial charge in [0, 0.05) is 10.7 Å². The van der Waals surface area contributed by atoms with Gasteiger partial charge in [0.05, 0.1) is 11.7 Å². The third-order valence-electron chi connectivity index (χ3n) is 2.61. The van der Waals surface area contributed by atoms with Crippen LogP contribution in [0, 0.1) is 5.92 Å². The predicted molar refractivity (Wildman–Crippen MR) is 73.3 cm³/mol. The molecule has 0 heterocycles. The maximum Gasteiger partial charge on any atom is 0.306 e. The lowest BCUT2D eigenvalue weighted by Crippen LogP contribution is -2.20. The zero-order valence-corrected chi connectivity index (χ0v) is 12.4. The molecule has 0 fully saturated rings. The Kier molecular flexibility index (Phi) is 5.34. The summed E-state index contributed by atoms with van der Waals surface area (Å²) in [6.45, 7) is 0. The fourth-order valence-corrected chi connectivity index (χ4v) is 2.76. The molecule has 4 nitrogen and oxygen atoms in total. The topological polar surface area (TPSA) is 71.4 Å². The van der Waals surface area contributed by atoms with E-state index in [4.69, 9.17) is 5.11 Å². The van der Waals surface area contributed by atoms with Gasteiger partial charge in [-0.05, 0) is 24.5 Å². The minimum absolute atomic E-state index is 0.103. The Hall–Kier alpha value is -0.880. The molecule has 0 saturated carbocycles. The lowest BCUT2D eigenvalue weighted by atomic mass is 9.97. The van der Waals surface area contributed by atoms with Crippen molar-refractivity contribution in [2.24, 2.45) is 5.92 Å². The van der Waals surface area contributed by atoms with E-state index in [2.05, 4.69) is 15.9 Å². The fourth-order valence-electron chi connectivity index (χ4n) is 1.60. The van der Waals surface area contributed by atoms with Crippen LogP contribution in [-0.2, 0) is 21.1 Å². The molecule has 100 valence electrons. The Morgan fingerprint density at radius 2 is 2.00 bits per heavy atom. The Morgan fingerprint density at radius 1 is 1.39 bits per heavy atom. The number of sulfone groups is 1. The number of carboxylic acid groups (broad SMARTS) is 1. The summed E-state index contributed by atoms with van der Waals surface area (Å²) in [6, 6.07) is 7.35. The Bertz CT molecular complexity index is 525. The number of hydrogen-bond acceptors (Lipinski definition) is 3. The van der Waals surface area contributed by atoms with Crippen molar-refractivity contribution in [1.82, 2.24) is 0 Å². The van der Waals surface area contributed by atoms with Crippen LogP contribution in [0.4, 0.5) is 0 Å². The first-order chi connectivity index (χ1) is 8.29. The molecule has 0 aliphatic carbocycles. The number of carbonyl (C=O) groups is 1. The van der Waals surface area contributed by atoms with Crippen LogP contribution in [0.2, 0.25) is 0 Å². The van der Waals surface area contributed by atoms with Gasteiger partial charge in [-0.2, -0.15) is 0 Å². The molecule has 0 amide bonds. The Morgan fingerprint density at radius 3 is 2.50 bits per heavy atom. The number of halogens is 1. The van der Waals surface area contributed by atoms with Crippen LogP contribution >= 0.6 is 15.9 Å². The quantitative estimate of drug-likeness (QED) is 0.864. The van der Waals surface area contributed by atoms with Crippen molar-refractivity contribution < 1.29 is 18.3 Å². The van der Waals surface area contributed by atoms with E-state index in [1.165, 1.54) is 0 Å². The van der Waals surface area contributed by atoms with Crippen LogP contribution in [0.15, 0.2) is 28.7 Å². The van der Waals surface area contributed by atoms with Crippen molar-refractivity contribution >= 4 is 31.7 Å². The van der Waals surface area contributed by atoms with Gasteiger partial charge in [-0.1, -0.05) is 34.1 Å². The highest BCUT2D eigenvalue weighted by atomic mass is 79.9. The summed E-state index contributed by atoms with van der Waals surface area (Å²) in [4.78, 5) is 11.1. The van der Waals surface area contributed by atoms with Gasteiger partial charge in [0.25, 0.3) is 0 Å². The van der Waals surface area contributed by atoms with Crippen LogP contribution in [-0.4, -0.2) is 31.5 Å². The third kappa shape index (κ3) is 5.18. The molecule has 0 radical (unpaired) electrons. The first kappa shape index (κ1) is 15.2. The molecule has 0 saturated heterocycles. The smallest absolute Gasteiger partial charge is 0.306 e. The van der Waals surface area contributed by atoms with Crippen molar-refractivity contribution in [3.8, 4) is 0 Å². The molecule has 0 spiro atoms. The van der Waals surface area contributed by atoms with Gasteiger partial charge < -0.3 is 5.11 Å². The van der Waals surface area contributed by atoms with Gasteiger partial charge in [0.15, 0.2) is 0 Å². The number of benzene rings is 1. The van der Waals surface area contributed by atoms with Gasteiger partial charge in [-0.15, -0.1) is 0 Å². The molecular weight excluding hydrogens is 320 g/mol. The van der Waals surface area contributed by atoms with E-state index in [0.717, 1.165) is 16.3 Å². The van der Waals surface area contributed by atoms with Crippen LogP contribution in [0.5, 0.6) is 0 Å². The molecule has 0 aliphatic heterocycles.